The van der Waals surface area contributed by atoms with Crippen molar-refractivity contribution in [3.63, 3.8) is 0 Å². The zero-order valence-electron chi connectivity index (χ0n) is 11.1. The van der Waals surface area contributed by atoms with Gasteiger partial charge in [0.2, 0.25) is 0 Å². The normalized spacial score (nSPS) is 10.8. The summed E-state index contributed by atoms with van der Waals surface area (Å²) in [5, 5.41) is 0. The predicted octanol–water partition coefficient (Wildman–Crippen LogP) is 3.90. The number of halogens is 2. The van der Waals surface area contributed by atoms with Crippen molar-refractivity contribution in [1.29, 1.82) is 0 Å². The van der Waals surface area contributed by atoms with Gasteiger partial charge in [-0.15, -0.1) is 0 Å². The van der Waals surface area contributed by atoms with Gasteiger partial charge in [-0.1, -0.05) is 40.2 Å². The quantitative estimate of drug-likeness (QED) is 0.772. The third-order valence-electron chi connectivity index (χ3n) is 2.90. The molecular weight excluding hydrogens is 321 g/mol. The first-order valence-corrected chi connectivity index (χ1v) is 7.05. The SMILES string of the molecule is CN(CC(=O)c1cccc(Br)c1)Cc1cccc(F)c1. The average Bonchev–Trinajstić information content (AvgIpc) is 2.38. The maximum Gasteiger partial charge on any atom is 0.176 e. The Labute approximate surface area is 126 Å². The molecule has 0 saturated heterocycles. The maximum absolute atomic E-state index is 13.1. The molecule has 2 nitrogen and oxygen atoms in total. The molecular formula is C16H15BrFNO. The first-order chi connectivity index (χ1) is 9.54. The predicted molar refractivity (Wildman–Crippen MR) is 81.2 cm³/mol. The number of benzene rings is 2. The van der Waals surface area contributed by atoms with E-state index in [2.05, 4.69) is 15.9 Å². The van der Waals surface area contributed by atoms with E-state index >= 15 is 0 Å². The molecule has 0 heterocycles. The summed E-state index contributed by atoms with van der Waals surface area (Å²) in [5.41, 5.74) is 1.53. The van der Waals surface area contributed by atoms with Crippen LogP contribution in [0, 0.1) is 5.82 Å². The number of carbonyl (C=O) groups excluding carboxylic acids is 1. The molecule has 0 spiro atoms. The summed E-state index contributed by atoms with van der Waals surface area (Å²) < 4.78 is 14.0. The lowest BCUT2D eigenvalue weighted by Crippen LogP contribution is -2.25. The second-order valence-electron chi connectivity index (χ2n) is 4.74. The van der Waals surface area contributed by atoms with E-state index in [0.717, 1.165) is 10.0 Å². The fraction of sp³-hybridized carbons (Fsp3) is 0.188. The summed E-state index contributed by atoms with van der Waals surface area (Å²) in [4.78, 5) is 14.0. The van der Waals surface area contributed by atoms with Crippen LogP contribution in [0.15, 0.2) is 53.0 Å². The molecule has 2 rings (SSSR count). The van der Waals surface area contributed by atoms with Gasteiger partial charge in [0, 0.05) is 16.6 Å². The highest BCUT2D eigenvalue weighted by Gasteiger charge is 2.10. The molecule has 0 aliphatic heterocycles. The Morgan fingerprint density at radius 2 is 1.95 bits per heavy atom. The molecule has 0 radical (unpaired) electrons. The summed E-state index contributed by atoms with van der Waals surface area (Å²) >= 11 is 3.35. The molecule has 0 unspecified atom stereocenters. The second kappa shape index (κ2) is 6.77. The van der Waals surface area contributed by atoms with E-state index in [1.54, 1.807) is 18.2 Å². The molecule has 4 heteroatoms. The molecule has 0 aliphatic carbocycles. The number of Topliss-reactive ketones (excluding diaryl/α,β-unsaturated/α-hetero) is 1. The van der Waals surface area contributed by atoms with Crippen molar-refractivity contribution in [1.82, 2.24) is 4.90 Å². The standard InChI is InChI=1S/C16H15BrFNO/c1-19(10-12-4-2-7-15(18)8-12)11-16(20)13-5-3-6-14(17)9-13/h2-9H,10-11H2,1H3. The molecule has 2 aromatic rings. The lowest BCUT2D eigenvalue weighted by atomic mass is 10.1. The van der Waals surface area contributed by atoms with E-state index < -0.39 is 0 Å². The van der Waals surface area contributed by atoms with Crippen molar-refractivity contribution in [3.8, 4) is 0 Å². The van der Waals surface area contributed by atoms with Crippen molar-refractivity contribution in [2.45, 2.75) is 6.54 Å². The number of hydrogen-bond acceptors (Lipinski definition) is 2. The largest absolute Gasteiger partial charge is 0.295 e. The Bertz CT molecular complexity index is 615. The van der Waals surface area contributed by atoms with E-state index in [9.17, 15) is 9.18 Å². The fourth-order valence-electron chi connectivity index (χ4n) is 2.00. The van der Waals surface area contributed by atoms with Gasteiger partial charge in [-0.05, 0) is 36.9 Å². The highest BCUT2D eigenvalue weighted by molar-refractivity contribution is 9.10. The van der Waals surface area contributed by atoms with Gasteiger partial charge >= 0.3 is 0 Å². The highest BCUT2D eigenvalue weighted by Crippen LogP contribution is 2.13. The molecule has 0 aliphatic rings. The average molecular weight is 336 g/mol. The van der Waals surface area contributed by atoms with Gasteiger partial charge < -0.3 is 0 Å². The van der Waals surface area contributed by atoms with Gasteiger partial charge in [-0.2, -0.15) is 0 Å². The van der Waals surface area contributed by atoms with Crippen LogP contribution in [-0.4, -0.2) is 24.3 Å². The molecule has 0 N–H and O–H groups in total. The van der Waals surface area contributed by atoms with Gasteiger partial charge in [0.15, 0.2) is 5.78 Å². The van der Waals surface area contributed by atoms with E-state index in [1.165, 1.54) is 12.1 Å². The van der Waals surface area contributed by atoms with Crippen LogP contribution in [0.1, 0.15) is 15.9 Å². The number of ketones is 1. The van der Waals surface area contributed by atoms with E-state index in [4.69, 9.17) is 0 Å². The maximum atomic E-state index is 13.1. The van der Waals surface area contributed by atoms with Crippen molar-refractivity contribution < 1.29 is 9.18 Å². The Hall–Kier alpha value is -1.52. The molecule has 0 saturated carbocycles. The number of carbonyl (C=O) groups is 1. The summed E-state index contributed by atoms with van der Waals surface area (Å²) in [7, 11) is 1.85. The van der Waals surface area contributed by atoms with Crippen molar-refractivity contribution in [3.05, 3.63) is 69.9 Å². The zero-order chi connectivity index (χ0) is 14.5. The Morgan fingerprint density at radius 1 is 1.20 bits per heavy atom. The molecule has 2 aromatic carbocycles. The minimum Gasteiger partial charge on any atom is -0.295 e. The first kappa shape index (κ1) is 14.9. The van der Waals surface area contributed by atoms with E-state index in [1.807, 2.05) is 30.1 Å². The molecule has 0 bridgehead atoms. The van der Waals surface area contributed by atoms with Crippen molar-refractivity contribution in [2.24, 2.45) is 0 Å². The molecule has 0 atom stereocenters. The van der Waals surface area contributed by atoms with Gasteiger partial charge in [-0.25, -0.2) is 4.39 Å². The van der Waals surface area contributed by atoms with Gasteiger partial charge in [0.25, 0.3) is 0 Å². The Balaban J connectivity index is 1.97. The highest BCUT2D eigenvalue weighted by atomic mass is 79.9. The van der Waals surface area contributed by atoms with Crippen LogP contribution in [0.5, 0.6) is 0 Å². The molecule has 104 valence electrons. The van der Waals surface area contributed by atoms with Crippen LogP contribution in [-0.2, 0) is 6.54 Å². The second-order valence-corrected chi connectivity index (χ2v) is 5.65. The molecule has 20 heavy (non-hydrogen) atoms. The van der Waals surface area contributed by atoms with Crippen LogP contribution >= 0.6 is 15.9 Å². The minimum atomic E-state index is -0.255. The van der Waals surface area contributed by atoms with E-state index in [0.29, 0.717) is 18.7 Å². The molecule has 0 aromatic heterocycles. The van der Waals surface area contributed by atoms with E-state index in [-0.39, 0.29) is 11.6 Å². The van der Waals surface area contributed by atoms with Gasteiger partial charge in [0.05, 0.1) is 6.54 Å². The third-order valence-corrected chi connectivity index (χ3v) is 3.39. The van der Waals surface area contributed by atoms with Crippen LogP contribution in [0.3, 0.4) is 0 Å². The molecule has 0 amide bonds. The zero-order valence-corrected chi connectivity index (χ0v) is 12.7. The third kappa shape index (κ3) is 4.25. The first-order valence-electron chi connectivity index (χ1n) is 6.26. The lowest BCUT2D eigenvalue weighted by Gasteiger charge is -2.16. The van der Waals surface area contributed by atoms with Gasteiger partial charge in [0.1, 0.15) is 5.82 Å². The summed E-state index contributed by atoms with van der Waals surface area (Å²) in [6, 6.07) is 13.7. The Kier molecular flexibility index (Phi) is 5.04. The number of rotatable bonds is 5. The smallest absolute Gasteiger partial charge is 0.176 e. The fourth-order valence-corrected chi connectivity index (χ4v) is 2.40. The number of hydrogen-bond donors (Lipinski definition) is 0. The lowest BCUT2D eigenvalue weighted by molar-refractivity contribution is 0.0943. The number of likely N-dealkylation sites (N-methyl/N-ethyl adjacent to an activating group) is 1. The summed E-state index contributed by atoms with van der Waals surface area (Å²) in [5.74, 6) is -0.209. The van der Waals surface area contributed by atoms with Gasteiger partial charge in [-0.3, -0.25) is 9.69 Å². The monoisotopic (exact) mass is 335 g/mol. The van der Waals surface area contributed by atoms with Crippen molar-refractivity contribution in [2.75, 3.05) is 13.6 Å². The molecule has 0 fully saturated rings. The topological polar surface area (TPSA) is 20.3 Å². The summed E-state index contributed by atoms with van der Waals surface area (Å²) in [6.45, 7) is 0.838. The summed E-state index contributed by atoms with van der Waals surface area (Å²) in [6.07, 6.45) is 0. The van der Waals surface area contributed by atoms with Crippen LogP contribution in [0.2, 0.25) is 0 Å². The van der Waals surface area contributed by atoms with Crippen LogP contribution in [0.25, 0.3) is 0 Å². The van der Waals surface area contributed by atoms with Crippen LogP contribution < -0.4 is 0 Å². The number of nitrogens with zero attached hydrogens (tertiary/aromatic N) is 1. The minimum absolute atomic E-state index is 0.0465. The van der Waals surface area contributed by atoms with Crippen LogP contribution in [0.4, 0.5) is 4.39 Å². The van der Waals surface area contributed by atoms with Crippen molar-refractivity contribution >= 4 is 21.7 Å². The Morgan fingerprint density at radius 3 is 2.65 bits per heavy atom.